The topological polar surface area (TPSA) is 75.3 Å². The largest absolute Gasteiger partial charge is 0.356 e. The molecule has 2 heterocycles. The van der Waals surface area contributed by atoms with E-state index in [2.05, 4.69) is 50.2 Å². The molecule has 2 N–H and O–H groups in total. The van der Waals surface area contributed by atoms with Crippen molar-refractivity contribution in [3.63, 3.8) is 0 Å². The maximum atomic E-state index is 6.01. The Bertz CT molecular complexity index is 878. The molecule has 3 rings (SSSR count). The highest BCUT2D eigenvalue weighted by atomic mass is 35.5. The lowest BCUT2D eigenvalue weighted by Gasteiger charge is -2.14. The number of hydrogen-bond acceptors (Lipinski definition) is 5. The summed E-state index contributed by atoms with van der Waals surface area (Å²) in [6, 6.07) is 11.6. The highest BCUT2D eigenvalue weighted by molar-refractivity contribution is 7.09. The van der Waals surface area contributed by atoms with Gasteiger partial charge in [-0.3, -0.25) is 4.99 Å². The lowest BCUT2D eigenvalue weighted by molar-refractivity contribution is 0.375. The number of halogens is 1. The Kier molecular flexibility index (Phi) is 6.84. The second-order valence-electron chi connectivity index (χ2n) is 6.22. The summed E-state index contributed by atoms with van der Waals surface area (Å²) in [7, 11) is 1.74. The molecule has 0 saturated carbocycles. The summed E-state index contributed by atoms with van der Waals surface area (Å²) in [4.78, 5) is 10.0. The van der Waals surface area contributed by atoms with Crippen LogP contribution in [0.5, 0.6) is 0 Å². The molecule has 142 valence electrons. The van der Waals surface area contributed by atoms with Crippen molar-refractivity contribution in [3.05, 3.63) is 57.6 Å². The van der Waals surface area contributed by atoms with Crippen LogP contribution in [-0.2, 0) is 13.0 Å². The van der Waals surface area contributed by atoms with Crippen LogP contribution in [0.25, 0.3) is 11.4 Å². The Morgan fingerprint density at radius 3 is 2.93 bits per heavy atom. The third-order valence-corrected chi connectivity index (χ3v) is 5.06. The highest BCUT2D eigenvalue weighted by Gasteiger charge is 2.10. The molecule has 0 bridgehead atoms. The molecule has 2 aromatic heterocycles. The smallest absolute Gasteiger partial charge is 0.246 e. The molecule has 3 aromatic rings. The van der Waals surface area contributed by atoms with Crippen LogP contribution in [0.2, 0.25) is 5.02 Å². The monoisotopic (exact) mass is 403 g/mol. The van der Waals surface area contributed by atoms with Gasteiger partial charge in [-0.25, -0.2) is 0 Å². The number of nitrogens with one attached hydrogen (secondary N) is 2. The van der Waals surface area contributed by atoms with Crippen LogP contribution in [0, 0.1) is 5.92 Å². The van der Waals surface area contributed by atoms with Crippen LogP contribution in [0.3, 0.4) is 0 Å². The Hall–Kier alpha value is -2.38. The molecule has 0 aliphatic carbocycles. The highest BCUT2D eigenvalue weighted by Crippen LogP contribution is 2.19. The number of rotatable bonds is 7. The van der Waals surface area contributed by atoms with E-state index in [1.54, 1.807) is 24.5 Å². The van der Waals surface area contributed by atoms with Gasteiger partial charge in [0.05, 0.1) is 6.54 Å². The Balaban J connectivity index is 1.48. The normalized spacial score (nSPS) is 12.8. The van der Waals surface area contributed by atoms with Crippen molar-refractivity contribution < 1.29 is 4.52 Å². The van der Waals surface area contributed by atoms with E-state index in [1.165, 1.54) is 4.88 Å². The lowest BCUT2D eigenvalue weighted by atomic mass is 10.1. The minimum atomic E-state index is 0.395. The Labute approximate surface area is 167 Å². The predicted octanol–water partition coefficient (Wildman–Crippen LogP) is 4.00. The van der Waals surface area contributed by atoms with E-state index in [-0.39, 0.29) is 0 Å². The Morgan fingerprint density at radius 2 is 2.19 bits per heavy atom. The standard InChI is InChI=1S/C19H22ClN5OS/c1-13(9-16-7-4-8-27-16)11-22-19(21-2)23-12-17-24-18(25-26-17)14-5-3-6-15(20)10-14/h3-8,10,13H,9,11-12H2,1-2H3,(H2,21,22,23). The number of aliphatic imine (C=N–C) groups is 1. The fourth-order valence-corrected chi connectivity index (χ4v) is 3.63. The summed E-state index contributed by atoms with van der Waals surface area (Å²) >= 11 is 7.80. The van der Waals surface area contributed by atoms with Crippen LogP contribution >= 0.6 is 22.9 Å². The van der Waals surface area contributed by atoms with Crippen LogP contribution < -0.4 is 10.6 Å². The van der Waals surface area contributed by atoms with E-state index in [1.807, 2.05) is 18.2 Å². The third kappa shape index (κ3) is 5.80. The quantitative estimate of drug-likeness (QED) is 0.460. The van der Waals surface area contributed by atoms with Crippen molar-refractivity contribution in [1.29, 1.82) is 0 Å². The second kappa shape index (κ2) is 9.53. The van der Waals surface area contributed by atoms with E-state index in [9.17, 15) is 0 Å². The molecule has 0 amide bonds. The van der Waals surface area contributed by atoms with E-state index in [0.29, 0.717) is 35.2 Å². The number of hydrogen-bond donors (Lipinski definition) is 2. The van der Waals surface area contributed by atoms with Gasteiger partial charge in [-0.2, -0.15) is 4.98 Å². The average Bonchev–Trinajstić information content (AvgIpc) is 3.34. The summed E-state index contributed by atoms with van der Waals surface area (Å²) < 4.78 is 5.30. The maximum Gasteiger partial charge on any atom is 0.246 e. The van der Waals surface area contributed by atoms with Crippen LogP contribution in [-0.4, -0.2) is 29.7 Å². The van der Waals surface area contributed by atoms with Crippen LogP contribution in [0.1, 0.15) is 17.7 Å². The number of guanidine groups is 1. The molecule has 0 fully saturated rings. The van der Waals surface area contributed by atoms with Gasteiger partial charge in [-0.15, -0.1) is 11.3 Å². The summed E-state index contributed by atoms with van der Waals surface area (Å²) in [6.45, 7) is 3.44. The lowest BCUT2D eigenvalue weighted by Crippen LogP contribution is -2.39. The van der Waals surface area contributed by atoms with Gasteiger partial charge in [0.25, 0.3) is 0 Å². The van der Waals surface area contributed by atoms with E-state index in [0.717, 1.165) is 18.5 Å². The van der Waals surface area contributed by atoms with Gasteiger partial charge in [0, 0.05) is 29.1 Å². The van der Waals surface area contributed by atoms with E-state index in [4.69, 9.17) is 16.1 Å². The Morgan fingerprint density at radius 1 is 1.30 bits per heavy atom. The summed E-state index contributed by atoms with van der Waals surface area (Å²) in [5.74, 6) is 2.21. The number of nitrogens with zero attached hydrogens (tertiary/aromatic N) is 3. The maximum absolute atomic E-state index is 6.01. The fourth-order valence-electron chi connectivity index (χ4n) is 2.57. The zero-order valence-corrected chi connectivity index (χ0v) is 16.8. The minimum absolute atomic E-state index is 0.395. The molecule has 0 aliphatic heterocycles. The van der Waals surface area contributed by atoms with Crippen molar-refractivity contribution in [2.45, 2.75) is 19.9 Å². The van der Waals surface area contributed by atoms with Gasteiger partial charge in [0.1, 0.15) is 0 Å². The molecule has 27 heavy (non-hydrogen) atoms. The molecular formula is C19H22ClN5OS. The first-order chi connectivity index (χ1) is 13.1. The summed E-state index contributed by atoms with van der Waals surface area (Å²) in [5.41, 5.74) is 0.822. The van der Waals surface area contributed by atoms with Crippen molar-refractivity contribution in [1.82, 2.24) is 20.8 Å². The first kappa shape index (κ1) is 19.4. The third-order valence-electron chi connectivity index (χ3n) is 3.93. The average molecular weight is 404 g/mol. The van der Waals surface area contributed by atoms with Gasteiger partial charge in [-0.1, -0.05) is 41.9 Å². The predicted molar refractivity (Wildman–Crippen MR) is 110 cm³/mol. The molecule has 0 radical (unpaired) electrons. The summed E-state index contributed by atoms with van der Waals surface area (Å²) in [5, 5.41) is 13.3. The van der Waals surface area contributed by atoms with E-state index >= 15 is 0 Å². The van der Waals surface area contributed by atoms with Crippen LogP contribution in [0.4, 0.5) is 0 Å². The molecule has 1 unspecified atom stereocenters. The van der Waals surface area contributed by atoms with Gasteiger partial charge in [-0.05, 0) is 35.9 Å². The molecule has 0 aliphatic rings. The molecule has 0 spiro atoms. The zero-order valence-electron chi connectivity index (χ0n) is 15.3. The van der Waals surface area contributed by atoms with E-state index < -0.39 is 0 Å². The molecule has 0 saturated heterocycles. The molecule has 1 aromatic carbocycles. The molecule has 6 nitrogen and oxygen atoms in total. The first-order valence-electron chi connectivity index (χ1n) is 8.69. The van der Waals surface area contributed by atoms with Gasteiger partial charge < -0.3 is 15.2 Å². The first-order valence-corrected chi connectivity index (χ1v) is 9.95. The molecule has 1 atom stereocenters. The minimum Gasteiger partial charge on any atom is -0.356 e. The van der Waals surface area contributed by atoms with Gasteiger partial charge >= 0.3 is 0 Å². The van der Waals surface area contributed by atoms with Crippen molar-refractivity contribution in [3.8, 4) is 11.4 Å². The number of thiophene rings is 1. The van der Waals surface area contributed by atoms with Crippen molar-refractivity contribution in [2.24, 2.45) is 10.9 Å². The molecular weight excluding hydrogens is 382 g/mol. The summed E-state index contributed by atoms with van der Waals surface area (Å²) in [6.07, 6.45) is 1.05. The molecule has 8 heteroatoms. The van der Waals surface area contributed by atoms with Crippen molar-refractivity contribution >= 4 is 28.9 Å². The number of aromatic nitrogens is 2. The van der Waals surface area contributed by atoms with Crippen molar-refractivity contribution in [2.75, 3.05) is 13.6 Å². The second-order valence-corrected chi connectivity index (χ2v) is 7.69. The van der Waals surface area contributed by atoms with Gasteiger partial charge in [0.2, 0.25) is 11.7 Å². The van der Waals surface area contributed by atoms with Gasteiger partial charge in [0.15, 0.2) is 5.96 Å². The fraction of sp³-hybridized carbons (Fsp3) is 0.316. The zero-order chi connectivity index (χ0) is 19.1. The number of benzene rings is 1. The van der Waals surface area contributed by atoms with Crippen LogP contribution in [0.15, 0.2) is 51.3 Å². The SMILES string of the molecule is CN=C(NCc1nc(-c2cccc(Cl)c2)no1)NCC(C)Cc1cccs1.